The van der Waals surface area contributed by atoms with Crippen molar-refractivity contribution in [2.24, 2.45) is 11.3 Å². The van der Waals surface area contributed by atoms with E-state index in [4.69, 9.17) is 5.84 Å². The van der Waals surface area contributed by atoms with Crippen LogP contribution >= 0.6 is 0 Å². The first kappa shape index (κ1) is 12.1. The molecular weight excluding hydrogens is 198 g/mol. The van der Waals surface area contributed by atoms with E-state index in [-0.39, 0.29) is 11.0 Å². The third-order valence-electron chi connectivity index (χ3n) is 2.30. The molecule has 1 rings (SSSR count). The van der Waals surface area contributed by atoms with Crippen molar-refractivity contribution in [2.75, 3.05) is 0 Å². The van der Waals surface area contributed by atoms with Crippen LogP contribution in [-0.2, 0) is 0 Å². The van der Waals surface area contributed by atoms with Gasteiger partial charge >= 0.3 is 0 Å². The normalized spacial score (nSPS) is 14.0. The van der Waals surface area contributed by atoms with Gasteiger partial charge < -0.3 is 0 Å². The van der Waals surface area contributed by atoms with Gasteiger partial charge in [-0.05, 0) is 23.6 Å². The molecule has 0 aliphatic carbocycles. The molecule has 4 heteroatoms. The van der Waals surface area contributed by atoms with Gasteiger partial charge in [-0.2, -0.15) is 0 Å². The van der Waals surface area contributed by atoms with Crippen molar-refractivity contribution < 1.29 is 8.78 Å². The Morgan fingerprint density at radius 3 is 2.33 bits per heavy atom. The van der Waals surface area contributed by atoms with Crippen molar-refractivity contribution in [3.05, 3.63) is 35.4 Å². The minimum absolute atomic E-state index is 0.255. The van der Waals surface area contributed by atoms with Crippen LogP contribution < -0.4 is 11.3 Å². The predicted octanol–water partition coefficient (Wildman–Crippen LogP) is 2.52. The lowest BCUT2D eigenvalue weighted by Crippen LogP contribution is -2.37. The monoisotopic (exact) mass is 214 g/mol. The first-order chi connectivity index (χ1) is 6.86. The van der Waals surface area contributed by atoms with Gasteiger partial charge in [-0.15, -0.1) is 0 Å². The van der Waals surface area contributed by atoms with Gasteiger partial charge in [-0.25, -0.2) is 8.78 Å². The van der Waals surface area contributed by atoms with Crippen molar-refractivity contribution in [1.29, 1.82) is 0 Å². The van der Waals surface area contributed by atoms with Crippen LogP contribution in [0.4, 0.5) is 8.78 Å². The van der Waals surface area contributed by atoms with Crippen molar-refractivity contribution in [2.45, 2.75) is 26.8 Å². The average Bonchev–Trinajstić information content (AvgIpc) is 2.10. The van der Waals surface area contributed by atoms with Crippen LogP contribution in [0.15, 0.2) is 18.2 Å². The van der Waals surface area contributed by atoms with Crippen LogP contribution in [0.2, 0.25) is 0 Å². The van der Waals surface area contributed by atoms with Crippen LogP contribution in [-0.4, -0.2) is 0 Å². The predicted molar refractivity (Wildman–Crippen MR) is 55.9 cm³/mol. The number of hydrazine groups is 1. The van der Waals surface area contributed by atoms with E-state index in [1.54, 1.807) is 0 Å². The molecule has 0 spiro atoms. The Labute approximate surface area is 88.4 Å². The number of nitrogens with one attached hydrogen (secondary N) is 1. The van der Waals surface area contributed by atoms with Gasteiger partial charge in [0.25, 0.3) is 0 Å². The van der Waals surface area contributed by atoms with E-state index in [2.05, 4.69) is 5.43 Å². The molecule has 0 amide bonds. The SMILES string of the molecule is CC(C)(C)C(NN)c1cc(F)ccc1F. The number of benzene rings is 1. The average molecular weight is 214 g/mol. The summed E-state index contributed by atoms with van der Waals surface area (Å²) in [5, 5.41) is 0. The number of hydrogen-bond donors (Lipinski definition) is 2. The Morgan fingerprint density at radius 2 is 1.87 bits per heavy atom. The minimum atomic E-state index is -0.462. The molecule has 1 unspecified atom stereocenters. The molecule has 0 aromatic heterocycles. The van der Waals surface area contributed by atoms with Gasteiger partial charge in [-0.3, -0.25) is 11.3 Å². The molecule has 84 valence electrons. The highest BCUT2D eigenvalue weighted by Crippen LogP contribution is 2.33. The third-order valence-corrected chi connectivity index (χ3v) is 2.30. The van der Waals surface area contributed by atoms with Gasteiger partial charge in [-0.1, -0.05) is 20.8 Å². The number of rotatable bonds is 2. The summed E-state index contributed by atoms with van der Waals surface area (Å²) in [5.74, 6) is 4.46. The van der Waals surface area contributed by atoms with E-state index in [1.165, 1.54) is 6.07 Å². The maximum absolute atomic E-state index is 13.5. The topological polar surface area (TPSA) is 38.0 Å². The molecule has 0 radical (unpaired) electrons. The lowest BCUT2D eigenvalue weighted by atomic mass is 9.82. The first-order valence-electron chi connectivity index (χ1n) is 4.77. The molecule has 0 bridgehead atoms. The van der Waals surface area contributed by atoms with Gasteiger partial charge in [0, 0.05) is 5.56 Å². The fraction of sp³-hybridized carbons (Fsp3) is 0.455. The largest absolute Gasteiger partial charge is 0.271 e. The smallest absolute Gasteiger partial charge is 0.128 e. The molecule has 15 heavy (non-hydrogen) atoms. The van der Waals surface area contributed by atoms with Gasteiger partial charge in [0.2, 0.25) is 0 Å². The maximum Gasteiger partial charge on any atom is 0.128 e. The molecule has 0 aliphatic heterocycles. The van der Waals surface area contributed by atoms with Crippen LogP contribution in [0.25, 0.3) is 0 Å². The third kappa shape index (κ3) is 2.73. The Kier molecular flexibility index (Phi) is 3.42. The molecule has 2 nitrogen and oxygen atoms in total. The summed E-state index contributed by atoms with van der Waals surface area (Å²) in [6, 6.07) is 2.95. The van der Waals surface area contributed by atoms with Crippen LogP contribution in [0.1, 0.15) is 32.4 Å². The van der Waals surface area contributed by atoms with Crippen molar-refractivity contribution >= 4 is 0 Å². The van der Waals surface area contributed by atoms with Gasteiger partial charge in [0.05, 0.1) is 6.04 Å². The fourth-order valence-electron chi connectivity index (χ4n) is 1.54. The van der Waals surface area contributed by atoms with Crippen LogP contribution in [0.5, 0.6) is 0 Å². The Bertz CT molecular complexity index is 345. The lowest BCUT2D eigenvalue weighted by molar-refractivity contribution is 0.268. The second-order valence-corrected chi connectivity index (χ2v) is 4.63. The summed E-state index contributed by atoms with van der Waals surface area (Å²) in [6.07, 6.45) is 0. The molecular formula is C11H16F2N2. The highest BCUT2D eigenvalue weighted by molar-refractivity contribution is 5.23. The van der Waals surface area contributed by atoms with E-state index in [0.29, 0.717) is 0 Å². The maximum atomic E-state index is 13.5. The van der Waals surface area contributed by atoms with Gasteiger partial charge in [0.15, 0.2) is 0 Å². The summed E-state index contributed by atoms with van der Waals surface area (Å²) in [6.45, 7) is 5.71. The summed E-state index contributed by atoms with van der Waals surface area (Å²) in [7, 11) is 0. The summed E-state index contributed by atoms with van der Waals surface area (Å²) in [5.41, 5.74) is 2.49. The van der Waals surface area contributed by atoms with Gasteiger partial charge in [0.1, 0.15) is 11.6 Å². The molecule has 0 saturated heterocycles. The summed E-state index contributed by atoms with van der Waals surface area (Å²) >= 11 is 0. The van der Waals surface area contributed by atoms with E-state index in [0.717, 1.165) is 12.1 Å². The van der Waals surface area contributed by atoms with E-state index in [9.17, 15) is 8.78 Å². The van der Waals surface area contributed by atoms with Crippen LogP contribution in [0, 0.1) is 17.0 Å². The molecule has 0 heterocycles. The first-order valence-corrected chi connectivity index (χ1v) is 4.77. The molecule has 0 aliphatic rings. The second-order valence-electron chi connectivity index (χ2n) is 4.63. The Morgan fingerprint density at radius 1 is 1.27 bits per heavy atom. The molecule has 0 fully saturated rings. The van der Waals surface area contributed by atoms with Crippen LogP contribution in [0.3, 0.4) is 0 Å². The summed E-state index contributed by atoms with van der Waals surface area (Å²) < 4.78 is 26.5. The standard InChI is InChI=1S/C11H16F2N2/c1-11(2,3)10(15-14)8-6-7(12)4-5-9(8)13/h4-6,10,15H,14H2,1-3H3. The zero-order chi connectivity index (χ0) is 11.6. The van der Waals surface area contributed by atoms with Crippen molar-refractivity contribution in [3.63, 3.8) is 0 Å². The van der Waals surface area contributed by atoms with E-state index < -0.39 is 17.7 Å². The Hall–Kier alpha value is -1.00. The Balaban J connectivity index is 3.18. The highest BCUT2D eigenvalue weighted by Gasteiger charge is 2.27. The van der Waals surface area contributed by atoms with Crippen molar-refractivity contribution in [3.8, 4) is 0 Å². The fourth-order valence-corrected chi connectivity index (χ4v) is 1.54. The van der Waals surface area contributed by atoms with Crippen molar-refractivity contribution in [1.82, 2.24) is 5.43 Å². The molecule has 1 atom stereocenters. The zero-order valence-corrected chi connectivity index (χ0v) is 9.14. The number of halogens is 2. The quantitative estimate of drug-likeness (QED) is 0.586. The van der Waals surface area contributed by atoms with E-state index in [1.807, 2.05) is 20.8 Å². The lowest BCUT2D eigenvalue weighted by Gasteiger charge is -2.30. The highest BCUT2D eigenvalue weighted by atomic mass is 19.1. The number of hydrogen-bond acceptors (Lipinski definition) is 2. The molecule has 1 aromatic carbocycles. The van der Waals surface area contributed by atoms with E-state index >= 15 is 0 Å². The minimum Gasteiger partial charge on any atom is -0.271 e. The number of nitrogens with two attached hydrogens (primary N) is 1. The molecule has 0 saturated carbocycles. The molecule has 3 N–H and O–H groups in total. The second kappa shape index (κ2) is 4.24. The molecule has 1 aromatic rings. The summed E-state index contributed by atoms with van der Waals surface area (Å²) in [4.78, 5) is 0. The zero-order valence-electron chi connectivity index (χ0n) is 9.14.